The van der Waals surface area contributed by atoms with E-state index in [1.54, 1.807) is 18.2 Å². The first-order chi connectivity index (χ1) is 8.00. The largest absolute Gasteiger partial charge is 0.317 e. The van der Waals surface area contributed by atoms with Crippen LogP contribution in [0.1, 0.15) is 18.2 Å². The van der Waals surface area contributed by atoms with Crippen molar-refractivity contribution in [1.29, 1.82) is 0 Å². The minimum absolute atomic E-state index is 0.374. The Morgan fingerprint density at radius 1 is 1.18 bits per heavy atom. The molecule has 0 radical (unpaired) electrons. The van der Waals surface area contributed by atoms with Crippen molar-refractivity contribution < 1.29 is 4.39 Å². The highest BCUT2D eigenvalue weighted by molar-refractivity contribution is 6.30. The second kappa shape index (κ2) is 4.43. The first-order valence-corrected chi connectivity index (χ1v) is 5.55. The number of pyridine rings is 1. The molecule has 2 aromatic rings. The fraction of sp³-hybridized carbons (Fsp3) is 0.154. The maximum atomic E-state index is 12.8. The zero-order chi connectivity index (χ0) is 12.5. The Hall–Kier alpha value is -1.45. The zero-order valence-corrected chi connectivity index (χ0v) is 10.1. The molecule has 1 aromatic carbocycles. The first kappa shape index (κ1) is 12.0. The maximum absolute atomic E-state index is 12.8. The van der Waals surface area contributed by atoms with E-state index in [-0.39, 0.29) is 5.82 Å². The van der Waals surface area contributed by atoms with Crippen LogP contribution in [0.5, 0.6) is 0 Å². The number of aromatic nitrogens is 1. The van der Waals surface area contributed by atoms with Crippen LogP contribution in [0.15, 0.2) is 42.6 Å². The van der Waals surface area contributed by atoms with Crippen LogP contribution in [0, 0.1) is 5.82 Å². The predicted octanol–water partition coefficient (Wildman–Crippen LogP) is 3.10. The van der Waals surface area contributed by atoms with Gasteiger partial charge in [0.1, 0.15) is 5.82 Å². The summed E-state index contributed by atoms with van der Waals surface area (Å²) < 4.78 is 12.8. The molecule has 0 spiro atoms. The average Bonchev–Trinajstić information content (AvgIpc) is 2.30. The Morgan fingerprint density at radius 3 is 2.35 bits per heavy atom. The second-order valence-corrected chi connectivity index (χ2v) is 4.51. The molecular weight excluding hydrogens is 239 g/mol. The molecule has 0 fully saturated rings. The van der Waals surface area contributed by atoms with Gasteiger partial charge in [-0.3, -0.25) is 4.98 Å². The van der Waals surface area contributed by atoms with E-state index in [1.165, 1.54) is 6.07 Å². The van der Waals surface area contributed by atoms with Gasteiger partial charge in [-0.1, -0.05) is 23.7 Å². The topological polar surface area (TPSA) is 38.9 Å². The van der Waals surface area contributed by atoms with E-state index in [2.05, 4.69) is 4.98 Å². The molecule has 0 saturated heterocycles. The molecule has 4 heteroatoms. The van der Waals surface area contributed by atoms with Crippen LogP contribution in [-0.4, -0.2) is 4.98 Å². The summed E-state index contributed by atoms with van der Waals surface area (Å²) in [5, 5.41) is 0.650. The van der Waals surface area contributed by atoms with Gasteiger partial charge in [-0.25, -0.2) is 4.39 Å². The molecule has 2 nitrogen and oxygen atoms in total. The van der Waals surface area contributed by atoms with Gasteiger partial charge >= 0.3 is 0 Å². The molecule has 1 unspecified atom stereocenters. The summed E-state index contributed by atoms with van der Waals surface area (Å²) >= 11 is 5.82. The van der Waals surface area contributed by atoms with Gasteiger partial charge in [-0.15, -0.1) is 0 Å². The lowest BCUT2D eigenvalue weighted by Crippen LogP contribution is -2.35. The van der Waals surface area contributed by atoms with E-state index >= 15 is 0 Å². The van der Waals surface area contributed by atoms with Crippen molar-refractivity contribution in [2.75, 3.05) is 0 Å². The minimum Gasteiger partial charge on any atom is -0.317 e. The van der Waals surface area contributed by atoms with Gasteiger partial charge in [0.15, 0.2) is 0 Å². The lowest BCUT2D eigenvalue weighted by atomic mass is 9.89. The summed E-state index contributed by atoms with van der Waals surface area (Å²) in [4.78, 5) is 4.02. The van der Waals surface area contributed by atoms with E-state index in [9.17, 15) is 4.39 Å². The van der Waals surface area contributed by atoms with E-state index in [0.717, 1.165) is 11.8 Å². The standard InChI is InChI=1S/C13H12ClFN2/c1-13(16,9-2-4-10(14)5-3-9)12-7-6-11(15)8-17-12/h2-8H,16H2,1H3. The lowest BCUT2D eigenvalue weighted by molar-refractivity contribution is 0.568. The molecule has 0 aliphatic rings. The molecule has 88 valence electrons. The number of hydrogen-bond donors (Lipinski definition) is 1. The third-order valence-corrected chi connectivity index (χ3v) is 2.96. The Labute approximate surface area is 104 Å². The number of nitrogens with zero attached hydrogens (tertiary/aromatic N) is 1. The summed E-state index contributed by atoms with van der Waals surface area (Å²) in [7, 11) is 0. The van der Waals surface area contributed by atoms with E-state index in [4.69, 9.17) is 17.3 Å². The average molecular weight is 251 g/mol. The van der Waals surface area contributed by atoms with Gasteiger partial charge in [0.25, 0.3) is 0 Å². The Kier molecular flexibility index (Phi) is 3.13. The summed E-state index contributed by atoms with van der Waals surface area (Å²) in [6.07, 6.45) is 1.16. The second-order valence-electron chi connectivity index (χ2n) is 4.07. The Morgan fingerprint density at radius 2 is 1.82 bits per heavy atom. The third kappa shape index (κ3) is 2.46. The molecule has 0 bridgehead atoms. The molecule has 2 rings (SSSR count). The number of halogens is 2. The fourth-order valence-electron chi connectivity index (χ4n) is 1.63. The molecule has 0 aliphatic carbocycles. The van der Waals surface area contributed by atoms with E-state index in [1.807, 2.05) is 19.1 Å². The highest BCUT2D eigenvalue weighted by Gasteiger charge is 2.25. The monoisotopic (exact) mass is 250 g/mol. The number of hydrogen-bond acceptors (Lipinski definition) is 2. The predicted molar refractivity (Wildman–Crippen MR) is 66.3 cm³/mol. The number of rotatable bonds is 2. The third-order valence-electron chi connectivity index (χ3n) is 2.70. The van der Waals surface area contributed by atoms with Crippen molar-refractivity contribution in [1.82, 2.24) is 4.98 Å². The molecule has 17 heavy (non-hydrogen) atoms. The summed E-state index contributed by atoms with van der Waals surface area (Å²) in [6.45, 7) is 1.83. The van der Waals surface area contributed by atoms with Gasteiger partial charge in [-0.2, -0.15) is 0 Å². The van der Waals surface area contributed by atoms with Crippen molar-refractivity contribution in [3.8, 4) is 0 Å². The summed E-state index contributed by atoms with van der Waals surface area (Å²) in [5.41, 5.74) is 6.95. The van der Waals surface area contributed by atoms with Gasteiger partial charge in [0, 0.05) is 5.02 Å². The molecule has 0 saturated carbocycles. The lowest BCUT2D eigenvalue weighted by Gasteiger charge is -2.24. The fourth-order valence-corrected chi connectivity index (χ4v) is 1.75. The van der Waals surface area contributed by atoms with Crippen LogP contribution in [0.2, 0.25) is 5.02 Å². The smallest absolute Gasteiger partial charge is 0.141 e. The van der Waals surface area contributed by atoms with Crippen LogP contribution in [-0.2, 0) is 5.54 Å². The van der Waals surface area contributed by atoms with Gasteiger partial charge in [0.2, 0.25) is 0 Å². The molecule has 1 heterocycles. The van der Waals surface area contributed by atoms with Crippen LogP contribution < -0.4 is 5.73 Å². The zero-order valence-electron chi connectivity index (χ0n) is 9.32. The summed E-state index contributed by atoms with van der Waals surface area (Å²) in [6, 6.07) is 10.2. The Balaban J connectivity index is 2.41. The van der Waals surface area contributed by atoms with Crippen LogP contribution >= 0.6 is 11.6 Å². The van der Waals surface area contributed by atoms with E-state index < -0.39 is 5.54 Å². The van der Waals surface area contributed by atoms with Gasteiger partial charge in [-0.05, 0) is 36.8 Å². The van der Waals surface area contributed by atoms with Crippen LogP contribution in [0.4, 0.5) is 4.39 Å². The normalized spacial score (nSPS) is 14.4. The van der Waals surface area contributed by atoms with Crippen molar-refractivity contribution in [3.05, 3.63) is 64.7 Å². The number of benzene rings is 1. The number of nitrogens with two attached hydrogens (primary N) is 1. The van der Waals surface area contributed by atoms with Gasteiger partial charge < -0.3 is 5.73 Å². The highest BCUT2D eigenvalue weighted by atomic mass is 35.5. The van der Waals surface area contributed by atoms with Crippen LogP contribution in [0.25, 0.3) is 0 Å². The van der Waals surface area contributed by atoms with Crippen molar-refractivity contribution >= 4 is 11.6 Å². The Bertz CT molecular complexity index is 458. The minimum atomic E-state index is -0.766. The molecule has 1 aromatic heterocycles. The quantitative estimate of drug-likeness (QED) is 0.890. The first-order valence-electron chi connectivity index (χ1n) is 5.17. The molecule has 0 amide bonds. The van der Waals surface area contributed by atoms with Gasteiger partial charge in [0.05, 0.1) is 17.4 Å². The molecule has 0 aliphatic heterocycles. The molecular formula is C13H12ClFN2. The van der Waals surface area contributed by atoms with E-state index in [0.29, 0.717) is 10.7 Å². The summed E-state index contributed by atoms with van der Waals surface area (Å²) in [5.74, 6) is -0.374. The molecule has 2 N–H and O–H groups in total. The highest BCUT2D eigenvalue weighted by Crippen LogP contribution is 2.25. The maximum Gasteiger partial charge on any atom is 0.141 e. The SMILES string of the molecule is CC(N)(c1ccc(Cl)cc1)c1ccc(F)cn1. The van der Waals surface area contributed by atoms with Crippen molar-refractivity contribution in [2.45, 2.75) is 12.5 Å². The van der Waals surface area contributed by atoms with Crippen LogP contribution in [0.3, 0.4) is 0 Å². The van der Waals surface area contributed by atoms with Crippen molar-refractivity contribution in [3.63, 3.8) is 0 Å². The molecule has 1 atom stereocenters. The van der Waals surface area contributed by atoms with Crippen molar-refractivity contribution in [2.24, 2.45) is 5.73 Å².